The lowest BCUT2D eigenvalue weighted by molar-refractivity contribution is -0.148. The first kappa shape index (κ1) is 14.9. The van der Waals surface area contributed by atoms with Crippen molar-refractivity contribution in [1.82, 2.24) is 4.90 Å². The average Bonchev–Trinajstić information content (AvgIpc) is 2.21. The van der Waals surface area contributed by atoms with E-state index in [2.05, 4.69) is 0 Å². The molecule has 5 nitrogen and oxygen atoms in total. The fourth-order valence-electron chi connectivity index (χ4n) is 1.12. The fraction of sp³-hybridized carbons (Fsp3) is 0.818. The van der Waals surface area contributed by atoms with Gasteiger partial charge in [-0.05, 0) is 27.2 Å². The van der Waals surface area contributed by atoms with Crippen LogP contribution < -0.4 is 0 Å². The van der Waals surface area contributed by atoms with Gasteiger partial charge in [-0.25, -0.2) is 0 Å². The van der Waals surface area contributed by atoms with Gasteiger partial charge in [0.05, 0.1) is 6.10 Å². The van der Waals surface area contributed by atoms with E-state index in [1.165, 1.54) is 4.90 Å². The monoisotopic (exact) mass is 231 g/mol. The molecule has 16 heavy (non-hydrogen) atoms. The summed E-state index contributed by atoms with van der Waals surface area (Å²) < 4.78 is 5.28. The van der Waals surface area contributed by atoms with E-state index in [1.807, 2.05) is 13.8 Å². The number of carboxylic acids is 1. The molecule has 94 valence electrons. The number of rotatable bonds is 7. The number of carboxylic acid groups (broad SMARTS) is 1. The number of hydrogen-bond acceptors (Lipinski definition) is 3. The molecule has 1 amide bonds. The highest BCUT2D eigenvalue weighted by molar-refractivity contribution is 5.82. The van der Waals surface area contributed by atoms with Crippen LogP contribution in [0, 0.1) is 0 Å². The number of aliphatic carboxylic acids is 1. The van der Waals surface area contributed by atoms with Gasteiger partial charge in [-0.2, -0.15) is 0 Å². The molecule has 0 aliphatic rings. The zero-order chi connectivity index (χ0) is 12.7. The van der Waals surface area contributed by atoms with Crippen molar-refractivity contribution in [3.63, 3.8) is 0 Å². The quantitative estimate of drug-likeness (QED) is 0.713. The van der Waals surface area contributed by atoms with Gasteiger partial charge in [-0.3, -0.25) is 9.59 Å². The van der Waals surface area contributed by atoms with Crippen LogP contribution in [0.15, 0.2) is 0 Å². The Morgan fingerprint density at radius 2 is 1.88 bits per heavy atom. The summed E-state index contributed by atoms with van der Waals surface area (Å²) in [7, 11) is 0. The SMILES string of the molecule is CCC(C)OCC(=O)N(CC(=O)O)C(C)C. The van der Waals surface area contributed by atoms with Crippen LogP contribution in [0.2, 0.25) is 0 Å². The Balaban J connectivity index is 4.22. The average molecular weight is 231 g/mol. The first-order valence-corrected chi connectivity index (χ1v) is 5.51. The number of amides is 1. The van der Waals surface area contributed by atoms with Crippen molar-refractivity contribution in [2.24, 2.45) is 0 Å². The Labute approximate surface area is 96.4 Å². The third-order valence-electron chi connectivity index (χ3n) is 2.32. The highest BCUT2D eigenvalue weighted by Gasteiger charge is 2.20. The van der Waals surface area contributed by atoms with Crippen molar-refractivity contribution in [3.8, 4) is 0 Å². The number of carbonyl (C=O) groups excluding carboxylic acids is 1. The van der Waals surface area contributed by atoms with E-state index < -0.39 is 5.97 Å². The Morgan fingerprint density at radius 1 is 1.31 bits per heavy atom. The second-order valence-electron chi connectivity index (χ2n) is 4.04. The van der Waals surface area contributed by atoms with Gasteiger partial charge < -0.3 is 14.7 Å². The van der Waals surface area contributed by atoms with E-state index in [-0.39, 0.29) is 31.2 Å². The van der Waals surface area contributed by atoms with E-state index in [0.29, 0.717) is 0 Å². The maximum Gasteiger partial charge on any atom is 0.323 e. The maximum absolute atomic E-state index is 11.7. The van der Waals surface area contributed by atoms with Crippen LogP contribution in [0.3, 0.4) is 0 Å². The van der Waals surface area contributed by atoms with Crippen LogP contribution >= 0.6 is 0 Å². The molecule has 0 saturated heterocycles. The van der Waals surface area contributed by atoms with Gasteiger partial charge in [-0.15, -0.1) is 0 Å². The summed E-state index contributed by atoms with van der Waals surface area (Å²) in [6.45, 7) is 7.08. The molecule has 0 aromatic heterocycles. The molecule has 1 unspecified atom stereocenters. The molecule has 0 saturated carbocycles. The smallest absolute Gasteiger partial charge is 0.323 e. The number of carbonyl (C=O) groups is 2. The molecular formula is C11H21NO4. The van der Waals surface area contributed by atoms with Gasteiger partial charge >= 0.3 is 5.97 Å². The van der Waals surface area contributed by atoms with E-state index >= 15 is 0 Å². The second-order valence-corrected chi connectivity index (χ2v) is 4.04. The highest BCUT2D eigenvalue weighted by atomic mass is 16.5. The Hall–Kier alpha value is -1.10. The van der Waals surface area contributed by atoms with Crippen molar-refractivity contribution in [3.05, 3.63) is 0 Å². The largest absolute Gasteiger partial charge is 0.480 e. The zero-order valence-electron chi connectivity index (χ0n) is 10.4. The molecule has 5 heteroatoms. The molecule has 0 aromatic rings. The summed E-state index contributed by atoms with van der Waals surface area (Å²) in [6.07, 6.45) is 0.844. The standard InChI is InChI=1S/C11H21NO4/c1-5-9(4)16-7-10(13)12(8(2)3)6-11(14)15/h8-9H,5-7H2,1-4H3,(H,14,15). The van der Waals surface area contributed by atoms with E-state index in [0.717, 1.165) is 6.42 Å². The molecule has 0 aliphatic carbocycles. The minimum atomic E-state index is -1.01. The summed E-state index contributed by atoms with van der Waals surface area (Å²) in [4.78, 5) is 23.6. The molecule has 1 atom stereocenters. The first-order valence-electron chi connectivity index (χ1n) is 5.51. The third-order valence-corrected chi connectivity index (χ3v) is 2.32. The fourth-order valence-corrected chi connectivity index (χ4v) is 1.12. The molecule has 0 rings (SSSR count). The molecule has 0 bridgehead atoms. The van der Waals surface area contributed by atoms with Gasteiger partial charge in [0.15, 0.2) is 0 Å². The lowest BCUT2D eigenvalue weighted by atomic mass is 10.3. The van der Waals surface area contributed by atoms with Gasteiger partial charge in [-0.1, -0.05) is 6.92 Å². The highest BCUT2D eigenvalue weighted by Crippen LogP contribution is 2.02. The Morgan fingerprint density at radius 3 is 2.25 bits per heavy atom. The van der Waals surface area contributed by atoms with E-state index in [9.17, 15) is 9.59 Å². The van der Waals surface area contributed by atoms with Crippen LogP contribution in [0.25, 0.3) is 0 Å². The minimum absolute atomic E-state index is 0.0165. The van der Waals surface area contributed by atoms with Crippen LogP contribution in [0.1, 0.15) is 34.1 Å². The molecule has 1 N–H and O–H groups in total. The van der Waals surface area contributed by atoms with Crippen LogP contribution in [-0.4, -0.2) is 47.2 Å². The van der Waals surface area contributed by atoms with Crippen LogP contribution in [0.5, 0.6) is 0 Å². The predicted octanol–water partition coefficient (Wildman–Crippen LogP) is 1.12. The van der Waals surface area contributed by atoms with Crippen molar-refractivity contribution in [2.45, 2.75) is 46.3 Å². The zero-order valence-corrected chi connectivity index (χ0v) is 10.4. The molecule has 0 spiro atoms. The van der Waals surface area contributed by atoms with Gasteiger partial charge in [0.25, 0.3) is 0 Å². The second kappa shape index (κ2) is 7.22. The predicted molar refractivity (Wildman–Crippen MR) is 60.2 cm³/mol. The summed E-state index contributed by atoms with van der Waals surface area (Å²) in [5.41, 5.74) is 0. The van der Waals surface area contributed by atoms with Gasteiger partial charge in [0.2, 0.25) is 5.91 Å². The topological polar surface area (TPSA) is 66.8 Å². The van der Waals surface area contributed by atoms with Crippen LogP contribution in [0.4, 0.5) is 0 Å². The van der Waals surface area contributed by atoms with E-state index in [1.54, 1.807) is 13.8 Å². The molecule has 0 aromatic carbocycles. The molecule has 0 heterocycles. The van der Waals surface area contributed by atoms with E-state index in [4.69, 9.17) is 9.84 Å². The Bertz CT molecular complexity index is 240. The lowest BCUT2D eigenvalue weighted by Crippen LogP contribution is -2.43. The molecular weight excluding hydrogens is 210 g/mol. The summed E-state index contributed by atoms with van der Waals surface area (Å²) in [5.74, 6) is -1.29. The van der Waals surface area contributed by atoms with Crippen LogP contribution in [-0.2, 0) is 14.3 Å². The summed E-state index contributed by atoms with van der Waals surface area (Å²) in [5, 5.41) is 8.67. The first-order chi connectivity index (χ1) is 7.38. The van der Waals surface area contributed by atoms with Crippen molar-refractivity contribution < 1.29 is 19.4 Å². The molecule has 0 fully saturated rings. The number of ether oxygens (including phenoxy) is 1. The van der Waals surface area contributed by atoms with Gasteiger partial charge in [0.1, 0.15) is 13.2 Å². The van der Waals surface area contributed by atoms with Gasteiger partial charge in [0, 0.05) is 6.04 Å². The lowest BCUT2D eigenvalue weighted by Gasteiger charge is -2.25. The maximum atomic E-state index is 11.7. The molecule has 0 aliphatic heterocycles. The normalized spacial score (nSPS) is 12.6. The minimum Gasteiger partial charge on any atom is -0.480 e. The summed E-state index contributed by atoms with van der Waals surface area (Å²) >= 11 is 0. The Kier molecular flexibility index (Phi) is 6.72. The third kappa shape index (κ3) is 5.70. The van der Waals surface area contributed by atoms with Crippen molar-refractivity contribution in [2.75, 3.05) is 13.2 Å². The van der Waals surface area contributed by atoms with Crippen molar-refractivity contribution >= 4 is 11.9 Å². The molecule has 0 radical (unpaired) electrons. The van der Waals surface area contributed by atoms with Crippen molar-refractivity contribution in [1.29, 1.82) is 0 Å². The number of nitrogens with zero attached hydrogens (tertiary/aromatic N) is 1. The number of hydrogen-bond donors (Lipinski definition) is 1. The summed E-state index contributed by atoms with van der Waals surface area (Å²) in [6, 6.07) is -0.135.